The molecule has 1 atom stereocenters. The van der Waals surface area contributed by atoms with Crippen LogP contribution in [-0.2, 0) is 23.0 Å². The molecular formula is C16H28N2O2S. The first-order chi connectivity index (χ1) is 9.75. The third kappa shape index (κ3) is 4.05. The maximum atomic E-state index is 12.9. The minimum atomic E-state index is -3.46. The molecule has 5 heteroatoms. The summed E-state index contributed by atoms with van der Waals surface area (Å²) in [6, 6.07) is 5.68. The first-order valence-electron chi connectivity index (χ1n) is 7.50. The second kappa shape index (κ2) is 7.38. The predicted molar refractivity (Wildman–Crippen MR) is 87.8 cm³/mol. The molecule has 1 aromatic carbocycles. The molecule has 0 fully saturated rings. The molecule has 1 rings (SSSR count). The summed E-state index contributed by atoms with van der Waals surface area (Å²) in [5.41, 5.74) is 1.86. The van der Waals surface area contributed by atoms with Crippen LogP contribution in [0.4, 0.5) is 0 Å². The largest absolute Gasteiger partial charge is 0.316 e. The molecule has 0 aromatic heterocycles. The first kappa shape index (κ1) is 18.1. The van der Waals surface area contributed by atoms with Crippen molar-refractivity contribution in [3.8, 4) is 0 Å². The summed E-state index contributed by atoms with van der Waals surface area (Å²) in [7, 11) is 0.0656. The molecule has 1 N–H and O–H groups in total. The third-order valence-electron chi connectivity index (χ3n) is 4.09. The average Bonchev–Trinajstić information content (AvgIpc) is 2.45. The Labute approximate surface area is 129 Å². The topological polar surface area (TPSA) is 49.4 Å². The molecule has 0 spiro atoms. The van der Waals surface area contributed by atoms with Gasteiger partial charge in [-0.05, 0) is 43.5 Å². The molecule has 0 heterocycles. The quantitative estimate of drug-likeness (QED) is 0.842. The highest BCUT2D eigenvalue weighted by molar-refractivity contribution is 7.89. The van der Waals surface area contributed by atoms with Crippen molar-refractivity contribution in [2.45, 2.75) is 51.6 Å². The van der Waals surface area contributed by atoms with Crippen LogP contribution in [0.1, 0.15) is 38.8 Å². The van der Waals surface area contributed by atoms with Gasteiger partial charge in [-0.2, -0.15) is 4.31 Å². The van der Waals surface area contributed by atoms with Crippen LogP contribution in [0.25, 0.3) is 0 Å². The Bertz CT molecular complexity index is 568. The summed E-state index contributed by atoms with van der Waals surface area (Å²) in [6.07, 6.45) is 0.707. The number of hydrogen-bond acceptors (Lipinski definition) is 3. The maximum absolute atomic E-state index is 12.9. The highest BCUT2D eigenvalue weighted by atomic mass is 32.2. The van der Waals surface area contributed by atoms with Crippen molar-refractivity contribution >= 4 is 10.0 Å². The number of sulfonamides is 1. The van der Waals surface area contributed by atoms with Crippen LogP contribution >= 0.6 is 0 Å². The van der Waals surface area contributed by atoms with Crippen LogP contribution in [0.2, 0.25) is 0 Å². The van der Waals surface area contributed by atoms with Crippen LogP contribution in [-0.4, -0.2) is 32.9 Å². The average molecular weight is 312 g/mol. The lowest BCUT2D eigenvalue weighted by Gasteiger charge is -2.28. The number of benzene rings is 1. The van der Waals surface area contributed by atoms with Crippen molar-refractivity contribution in [3.05, 3.63) is 29.3 Å². The molecule has 4 nitrogen and oxygen atoms in total. The Kier molecular flexibility index (Phi) is 6.38. The van der Waals surface area contributed by atoms with Crippen LogP contribution in [0, 0.1) is 5.92 Å². The van der Waals surface area contributed by atoms with Gasteiger partial charge in [-0.3, -0.25) is 0 Å². The van der Waals surface area contributed by atoms with Crippen LogP contribution in [0.5, 0.6) is 0 Å². The van der Waals surface area contributed by atoms with E-state index in [0.717, 1.165) is 11.1 Å². The highest BCUT2D eigenvalue weighted by Gasteiger charge is 2.28. The third-order valence-corrected chi connectivity index (χ3v) is 6.12. The molecule has 0 radical (unpaired) electrons. The molecule has 0 amide bonds. The van der Waals surface area contributed by atoms with E-state index in [0.29, 0.717) is 17.9 Å². The molecule has 0 saturated heterocycles. The lowest BCUT2D eigenvalue weighted by Crippen LogP contribution is -2.38. The molecule has 0 saturated carbocycles. The number of hydrogen-bond donors (Lipinski definition) is 1. The highest BCUT2D eigenvalue weighted by Crippen LogP contribution is 2.25. The molecule has 0 aliphatic rings. The van der Waals surface area contributed by atoms with Crippen LogP contribution < -0.4 is 5.32 Å². The SMILES string of the molecule is CCc1ccc(CNC)cc1S(=O)(=O)N(C)C(C)C(C)C. The zero-order valence-electron chi connectivity index (χ0n) is 14.0. The van der Waals surface area contributed by atoms with Gasteiger partial charge >= 0.3 is 0 Å². The Balaban J connectivity index is 3.31. The standard InChI is InChI=1S/C16H28N2O2S/c1-7-15-9-8-14(11-17-5)10-16(15)21(19,20)18(6)13(4)12(2)3/h8-10,12-13,17H,7,11H2,1-6H3. The second-order valence-corrected chi connectivity index (χ2v) is 7.80. The van der Waals surface area contributed by atoms with Gasteiger partial charge < -0.3 is 5.32 Å². The van der Waals surface area contributed by atoms with Gasteiger partial charge in [0.1, 0.15) is 0 Å². The molecule has 1 unspecified atom stereocenters. The fourth-order valence-corrected chi connectivity index (χ4v) is 4.07. The predicted octanol–water partition coefficient (Wildman–Crippen LogP) is 2.63. The van der Waals surface area contributed by atoms with E-state index in [2.05, 4.69) is 5.32 Å². The van der Waals surface area contributed by atoms with Gasteiger partial charge in [0, 0.05) is 19.6 Å². The minimum Gasteiger partial charge on any atom is -0.316 e. The van der Waals surface area contributed by atoms with E-state index in [-0.39, 0.29) is 12.0 Å². The number of nitrogens with zero attached hydrogens (tertiary/aromatic N) is 1. The van der Waals surface area contributed by atoms with E-state index in [1.54, 1.807) is 13.1 Å². The van der Waals surface area contributed by atoms with Gasteiger partial charge in [0.05, 0.1) is 4.90 Å². The van der Waals surface area contributed by atoms with Gasteiger partial charge in [0.25, 0.3) is 0 Å². The van der Waals surface area contributed by atoms with E-state index >= 15 is 0 Å². The normalized spacial score (nSPS) is 13.9. The zero-order chi connectivity index (χ0) is 16.2. The summed E-state index contributed by atoms with van der Waals surface area (Å²) < 4.78 is 27.3. The van der Waals surface area contributed by atoms with Crippen molar-refractivity contribution < 1.29 is 8.42 Å². The summed E-state index contributed by atoms with van der Waals surface area (Å²) in [5, 5.41) is 3.06. The van der Waals surface area contributed by atoms with Crippen molar-refractivity contribution in [3.63, 3.8) is 0 Å². The number of rotatable bonds is 7. The fourth-order valence-electron chi connectivity index (χ4n) is 2.24. The van der Waals surface area contributed by atoms with E-state index in [4.69, 9.17) is 0 Å². The smallest absolute Gasteiger partial charge is 0.243 e. The summed E-state index contributed by atoms with van der Waals surface area (Å²) in [5.74, 6) is 0.273. The van der Waals surface area contributed by atoms with E-state index in [1.807, 2.05) is 46.9 Å². The van der Waals surface area contributed by atoms with Crippen molar-refractivity contribution in [2.75, 3.05) is 14.1 Å². The summed E-state index contributed by atoms with van der Waals surface area (Å²) >= 11 is 0. The van der Waals surface area contributed by atoms with Gasteiger partial charge in [-0.25, -0.2) is 8.42 Å². The molecule has 1 aromatic rings. The number of nitrogens with one attached hydrogen (secondary N) is 1. The van der Waals surface area contributed by atoms with Gasteiger partial charge in [-0.15, -0.1) is 0 Å². The van der Waals surface area contributed by atoms with Gasteiger partial charge in [-0.1, -0.05) is 32.9 Å². The van der Waals surface area contributed by atoms with Crippen molar-refractivity contribution in [1.29, 1.82) is 0 Å². The lowest BCUT2D eigenvalue weighted by molar-refractivity contribution is 0.315. The van der Waals surface area contributed by atoms with Gasteiger partial charge in [0.2, 0.25) is 10.0 Å². The molecule has 120 valence electrons. The Morgan fingerprint density at radius 2 is 1.86 bits per heavy atom. The van der Waals surface area contributed by atoms with Gasteiger partial charge in [0.15, 0.2) is 0 Å². The summed E-state index contributed by atoms with van der Waals surface area (Å²) in [6.45, 7) is 8.67. The summed E-state index contributed by atoms with van der Waals surface area (Å²) in [4.78, 5) is 0.438. The van der Waals surface area contributed by atoms with E-state index in [9.17, 15) is 8.42 Å². The Morgan fingerprint density at radius 3 is 2.33 bits per heavy atom. The monoisotopic (exact) mass is 312 g/mol. The molecule has 0 aliphatic carbocycles. The number of aryl methyl sites for hydroxylation is 1. The fraction of sp³-hybridized carbons (Fsp3) is 0.625. The van der Waals surface area contributed by atoms with Crippen molar-refractivity contribution in [1.82, 2.24) is 9.62 Å². The lowest BCUT2D eigenvalue weighted by atomic mass is 10.1. The first-order valence-corrected chi connectivity index (χ1v) is 8.94. The van der Waals surface area contributed by atoms with Crippen LogP contribution in [0.3, 0.4) is 0 Å². The van der Waals surface area contributed by atoms with Crippen LogP contribution in [0.15, 0.2) is 23.1 Å². The second-order valence-electron chi connectivity index (χ2n) is 5.83. The molecule has 21 heavy (non-hydrogen) atoms. The van der Waals surface area contributed by atoms with E-state index < -0.39 is 10.0 Å². The Morgan fingerprint density at radius 1 is 1.24 bits per heavy atom. The molecular weight excluding hydrogens is 284 g/mol. The Hall–Kier alpha value is -0.910. The zero-order valence-corrected chi connectivity index (χ0v) is 14.8. The van der Waals surface area contributed by atoms with Crippen molar-refractivity contribution in [2.24, 2.45) is 5.92 Å². The van der Waals surface area contributed by atoms with E-state index in [1.165, 1.54) is 4.31 Å². The minimum absolute atomic E-state index is 0.0346. The maximum Gasteiger partial charge on any atom is 0.243 e. The molecule has 0 bridgehead atoms. The molecule has 0 aliphatic heterocycles.